The minimum absolute atomic E-state index is 0.0350. The number of nitrogens with zero attached hydrogens (tertiary/aromatic N) is 2. The Balaban J connectivity index is 1.84. The molecule has 0 radical (unpaired) electrons. The lowest BCUT2D eigenvalue weighted by molar-refractivity contribution is -0.113. The number of methoxy groups -OCH3 is 1. The molecule has 30 heavy (non-hydrogen) atoms. The number of aromatic nitrogens is 3. The number of anilines is 1. The van der Waals surface area contributed by atoms with E-state index in [9.17, 15) is 14.4 Å². The van der Waals surface area contributed by atoms with Crippen molar-refractivity contribution in [2.75, 3.05) is 18.2 Å². The molecule has 9 heteroatoms. The van der Waals surface area contributed by atoms with Crippen LogP contribution >= 0.6 is 11.8 Å². The molecule has 0 bridgehead atoms. The van der Waals surface area contributed by atoms with E-state index in [0.717, 1.165) is 12.1 Å². The zero-order valence-electron chi connectivity index (χ0n) is 17.3. The van der Waals surface area contributed by atoms with Crippen molar-refractivity contribution in [3.05, 3.63) is 51.9 Å². The van der Waals surface area contributed by atoms with Crippen molar-refractivity contribution >= 4 is 40.4 Å². The fraction of sp³-hybridized carbons (Fsp3) is 0.333. The first-order chi connectivity index (χ1) is 14.3. The lowest BCUT2D eigenvalue weighted by atomic mass is 10.2. The third kappa shape index (κ3) is 4.40. The molecular formula is C21H24N4O4S. The number of aryl methyl sites for hydroxylation is 1. The summed E-state index contributed by atoms with van der Waals surface area (Å²) < 4.78 is 6.38. The summed E-state index contributed by atoms with van der Waals surface area (Å²) in [6.07, 6.45) is 0.749. The highest BCUT2D eigenvalue weighted by atomic mass is 32.2. The number of carbonyl (C=O) groups is 2. The van der Waals surface area contributed by atoms with Gasteiger partial charge in [0.05, 0.1) is 29.6 Å². The van der Waals surface area contributed by atoms with E-state index in [1.54, 1.807) is 28.8 Å². The fourth-order valence-electron chi connectivity index (χ4n) is 3.06. The molecule has 0 aliphatic rings. The first-order valence-corrected chi connectivity index (χ1v) is 10.6. The van der Waals surface area contributed by atoms with Crippen LogP contribution < -0.4 is 10.9 Å². The molecule has 0 aliphatic carbocycles. The number of hydrogen-bond donors (Lipinski definition) is 2. The largest absolute Gasteiger partial charge is 0.465 e. The highest BCUT2D eigenvalue weighted by Gasteiger charge is 2.19. The molecule has 0 spiro atoms. The first-order valence-electron chi connectivity index (χ1n) is 9.57. The van der Waals surface area contributed by atoms with Crippen LogP contribution in [0.4, 0.5) is 5.69 Å². The molecule has 3 aromatic rings. The number of esters is 1. The van der Waals surface area contributed by atoms with Crippen molar-refractivity contribution in [3.8, 4) is 0 Å². The standard InChI is InChI=1S/C21H24N4O4S/c1-5-13(3)25-19(27)18-16(10-12(2)22-18)24-21(25)30-11-17(26)23-15-9-7-6-8-14(15)20(28)29-4/h6-10,13,22H,5,11H2,1-4H3,(H,23,26)/t13-/m0/s1. The van der Waals surface area contributed by atoms with Crippen molar-refractivity contribution in [1.82, 2.24) is 14.5 Å². The van der Waals surface area contributed by atoms with Crippen LogP contribution in [0.2, 0.25) is 0 Å². The summed E-state index contributed by atoms with van der Waals surface area (Å²) in [4.78, 5) is 45.1. The number of thioether (sulfide) groups is 1. The van der Waals surface area contributed by atoms with E-state index in [2.05, 4.69) is 15.3 Å². The number of nitrogens with one attached hydrogen (secondary N) is 2. The number of aromatic amines is 1. The van der Waals surface area contributed by atoms with Gasteiger partial charge < -0.3 is 15.0 Å². The van der Waals surface area contributed by atoms with Gasteiger partial charge >= 0.3 is 5.97 Å². The number of benzene rings is 1. The molecule has 0 saturated heterocycles. The number of H-pyrrole nitrogens is 1. The summed E-state index contributed by atoms with van der Waals surface area (Å²) >= 11 is 1.19. The smallest absolute Gasteiger partial charge is 0.339 e. The van der Waals surface area contributed by atoms with Gasteiger partial charge in [-0.15, -0.1) is 0 Å². The number of rotatable bonds is 7. The number of hydrogen-bond acceptors (Lipinski definition) is 6. The molecule has 0 aliphatic heterocycles. The average Bonchev–Trinajstić information content (AvgIpc) is 3.12. The summed E-state index contributed by atoms with van der Waals surface area (Å²) in [7, 11) is 1.29. The highest BCUT2D eigenvalue weighted by Crippen LogP contribution is 2.23. The van der Waals surface area contributed by atoms with Gasteiger partial charge in [-0.1, -0.05) is 30.8 Å². The number of amides is 1. The van der Waals surface area contributed by atoms with E-state index in [4.69, 9.17) is 4.74 Å². The Morgan fingerprint density at radius 1 is 1.33 bits per heavy atom. The monoisotopic (exact) mass is 428 g/mol. The van der Waals surface area contributed by atoms with Crippen LogP contribution in [0, 0.1) is 6.92 Å². The molecule has 1 amide bonds. The Bertz CT molecular complexity index is 1150. The van der Waals surface area contributed by atoms with Crippen LogP contribution in [0.1, 0.15) is 42.4 Å². The number of carbonyl (C=O) groups excluding carboxylic acids is 2. The Kier molecular flexibility index (Phi) is 6.61. The Labute approximate surface area is 178 Å². The van der Waals surface area contributed by atoms with E-state index in [-0.39, 0.29) is 28.8 Å². The second kappa shape index (κ2) is 9.17. The second-order valence-corrected chi connectivity index (χ2v) is 7.86. The van der Waals surface area contributed by atoms with Gasteiger partial charge in [0.25, 0.3) is 5.56 Å². The summed E-state index contributed by atoms with van der Waals surface area (Å²) in [6.45, 7) is 5.81. The van der Waals surface area contributed by atoms with Crippen LogP contribution in [0.15, 0.2) is 40.3 Å². The first kappa shape index (κ1) is 21.6. The Hall–Kier alpha value is -3.07. The van der Waals surface area contributed by atoms with E-state index >= 15 is 0 Å². The van der Waals surface area contributed by atoms with Gasteiger partial charge in [0.2, 0.25) is 5.91 Å². The van der Waals surface area contributed by atoms with Crippen LogP contribution in [-0.2, 0) is 9.53 Å². The number of ether oxygens (including phenoxy) is 1. The Morgan fingerprint density at radius 3 is 2.77 bits per heavy atom. The molecule has 0 saturated carbocycles. The SMILES string of the molecule is CC[C@H](C)n1c(SCC(=O)Nc2ccccc2C(=O)OC)nc2cc(C)[nH]c2c1=O. The maximum atomic E-state index is 13.0. The average molecular weight is 429 g/mol. The Morgan fingerprint density at radius 2 is 2.07 bits per heavy atom. The van der Waals surface area contributed by atoms with Gasteiger partial charge in [-0.2, -0.15) is 0 Å². The molecule has 2 N–H and O–H groups in total. The number of para-hydroxylation sites is 1. The highest BCUT2D eigenvalue weighted by molar-refractivity contribution is 7.99. The predicted molar refractivity (Wildman–Crippen MR) is 117 cm³/mol. The third-order valence-electron chi connectivity index (χ3n) is 4.76. The second-order valence-electron chi connectivity index (χ2n) is 6.91. The van der Waals surface area contributed by atoms with E-state index < -0.39 is 5.97 Å². The van der Waals surface area contributed by atoms with Crippen LogP contribution in [-0.4, -0.2) is 39.3 Å². The topological polar surface area (TPSA) is 106 Å². The molecule has 2 aromatic heterocycles. The molecule has 0 fully saturated rings. The third-order valence-corrected chi connectivity index (χ3v) is 5.71. The molecule has 1 atom stereocenters. The summed E-state index contributed by atoms with van der Waals surface area (Å²) in [5.41, 5.74) is 2.40. The lowest BCUT2D eigenvalue weighted by Gasteiger charge is -2.17. The summed E-state index contributed by atoms with van der Waals surface area (Å²) in [5, 5.41) is 3.22. The zero-order chi connectivity index (χ0) is 21.8. The summed E-state index contributed by atoms with van der Waals surface area (Å²) in [5.74, 6) is -0.807. The van der Waals surface area contributed by atoms with Gasteiger partial charge in [0.15, 0.2) is 5.16 Å². The molecule has 3 rings (SSSR count). The fourth-order valence-corrected chi connectivity index (χ4v) is 3.96. The van der Waals surface area contributed by atoms with Crippen LogP contribution in [0.25, 0.3) is 11.0 Å². The molecule has 0 unspecified atom stereocenters. The van der Waals surface area contributed by atoms with Crippen LogP contribution in [0.5, 0.6) is 0 Å². The maximum Gasteiger partial charge on any atom is 0.339 e. The van der Waals surface area contributed by atoms with Crippen molar-refractivity contribution in [3.63, 3.8) is 0 Å². The minimum atomic E-state index is -0.529. The van der Waals surface area contributed by atoms with Gasteiger partial charge in [0.1, 0.15) is 5.52 Å². The predicted octanol–water partition coefficient (Wildman–Crippen LogP) is 3.52. The molecule has 8 nitrogen and oxygen atoms in total. The van der Waals surface area contributed by atoms with Gasteiger partial charge in [-0.3, -0.25) is 14.2 Å². The summed E-state index contributed by atoms with van der Waals surface area (Å²) in [6, 6.07) is 8.38. The van der Waals surface area contributed by atoms with Crippen molar-refractivity contribution < 1.29 is 14.3 Å². The van der Waals surface area contributed by atoms with Gasteiger partial charge in [0, 0.05) is 11.7 Å². The van der Waals surface area contributed by atoms with Crippen molar-refractivity contribution in [2.24, 2.45) is 0 Å². The van der Waals surface area contributed by atoms with E-state index in [0.29, 0.717) is 21.9 Å². The van der Waals surface area contributed by atoms with Gasteiger partial charge in [-0.05, 0) is 38.5 Å². The minimum Gasteiger partial charge on any atom is -0.465 e. The molecule has 1 aromatic carbocycles. The van der Waals surface area contributed by atoms with Crippen LogP contribution in [0.3, 0.4) is 0 Å². The van der Waals surface area contributed by atoms with Crippen molar-refractivity contribution in [1.29, 1.82) is 0 Å². The van der Waals surface area contributed by atoms with Crippen molar-refractivity contribution in [2.45, 2.75) is 38.4 Å². The van der Waals surface area contributed by atoms with E-state index in [1.165, 1.54) is 18.9 Å². The lowest BCUT2D eigenvalue weighted by Crippen LogP contribution is -2.27. The number of fused-ring (bicyclic) bond motifs is 1. The van der Waals surface area contributed by atoms with Gasteiger partial charge in [-0.25, -0.2) is 9.78 Å². The quantitative estimate of drug-likeness (QED) is 0.339. The molecule has 158 valence electrons. The van der Waals surface area contributed by atoms with E-state index in [1.807, 2.05) is 26.8 Å². The molecule has 2 heterocycles. The molecular weight excluding hydrogens is 404 g/mol. The maximum absolute atomic E-state index is 13.0. The zero-order valence-corrected chi connectivity index (χ0v) is 18.1. The normalized spacial score (nSPS) is 12.0.